The second-order valence-electron chi connectivity index (χ2n) is 12.2. The number of carbonyl (C=O) groups excluding carboxylic acids is 2. The van der Waals surface area contributed by atoms with Crippen LogP contribution in [-0.2, 0) is 14.3 Å². The molecule has 6 heteroatoms. The largest absolute Gasteiger partial charge is 0.466 e. The number of anilines is 1. The zero-order valence-corrected chi connectivity index (χ0v) is 24.4. The van der Waals surface area contributed by atoms with E-state index in [4.69, 9.17) is 9.72 Å². The van der Waals surface area contributed by atoms with E-state index < -0.39 is 5.41 Å². The molecule has 0 spiro atoms. The summed E-state index contributed by atoms with van der Waals surface area (Å²) in [5.41, 5.74) is 4.05. The number of hydrogen-bond acceptors (Lipinski definition) is 5. The van der Waals surface area contributed by atoms with Crippen LogP contribution < -0.4 is 10.2 Å². The number of ether oxygens (including phenoxy) is 1. The van der Waals surface area contributed by atoms with Gasteiger partial charge in [-0.3, -0.25) is 9.59 Å². The summed E-state index contributed by atoms with van der Waals surface area (Å²) < 4.78 is 5.31. The van der Waals surface area contributed by atoms with Crippen LogP contribution in [-0.4, -0.2) is 42.6 Å². The van der Waals surface area contributed by atoms with E-state index in [0.717, 1.165) is 79.5 Å². The van der Waals surface area contributed by atoms with Gasteiger partial charge in [-0.2, -0.15) is 0 Å². The fourth-order valence-corrected chi connectivity index (χ4v) is 6.47. The Morgan fingerprint density at radius 2 is 1.68 bits per heavy atom. The third-order valence-electron chi connectivity index (χ3n) is 9.10. The summed E-state index contributed by atoms with van der Waals surface area (Å²) in [4.78, 5) is 33.2. The summed E-state index contributed by atoms with van der Waals surface area (Å²) in [6.45, 7) is 9.99. The Kier molecular flexibility index (Phi) is 8.43. The highest BCUT2D eigenvalue weighted by Gasteiger charge is 2.40. The molecule has 1 N–H and O–H groups in total. The zero-order chi connectivity index (χ0) is 28.3. The van der Waals surface area contributed by atoms with Crippen molar-refractivity contribution in [1.29, 1.82) is 0 Å². The van der Waals surface area contributed by atoms with Gasteiger partial charge < -0.3 is 15.0 Å². The monoisotopic (exact) mass is 541 g/mol. The standard InChI is InChI=1S/C34H43N3O3/c1-5-40-33(39)34(3,4)27-12-14-28(15-13-27)35-32(38)25-17-19-37(20-18-25)31-29(24-9-7-6-8-10-24)22-26-21-23(2)11-16-30(26)36-31/h6-11,16,21-22,25,27-28H,5,12-15,17-20H2,1-4H3,(H,35,38). The fraction of sp³-hybridized carbons (Fsp3) is 0.500. The average Bonchev–Trinajstić information content (AvgIpc) is 2.97. The first-order valence-corrected chi connectivity index (χ1v) is 15.0. The van der Waals surface area contributed by atoms with Gasteiger partial charge in [0, 0.05) is 36.0 Å². The number of nitrogens with one attached hydrogen (secondary N) is 1. The van der Waals surface area contributed by atoms with E-state index in [1.54, 1.807) is 0 Å². The topological polar surface area (TPSA) is 71.5 Å². The number of nitrogens with zero attached hydrogens (tertiary/aromatic N) is 2. The van der Waals surface area contributed by atoms with Crippen molar-refractivity contribution in [2.45, 2.75) is 72.3 Å². The van der Waals surface area contributed by atoms with Crippen LogP contribution in [0.3, 0.4) is 0 Å². The van der Waals surface area contributed by atoms with Crippen LogP contribution in [0.5, 0.6) is 0 Å². The maximum absolute atomic E-state index is 13.3. The number of esters is 1. The third-order valence-corrected chi connectivity index (χ3v) is 9.10. The van der Waals surface area contributed by atoms with E-state index in [1.807, 2.05) is 26.8 Å². The Labute approximate surface area is 238 Å². The van der Waals surface area contributed by atoms with Crippen LogP contribution in [0.4, 0.5) is 5.82 Å². The molecular formula is C34H43N3O3. The number of piperidine rings is 1. The van der Waals surface area contributed by atoms with Crippen molar-refractivity contribution in [3.05, 3.63) is 60.2 Å². The Bertz CT molecular complexity index is 1340. The van der Waals surface area contributed by atoms with Crippen molar-refractivity contribution in [3.63, 3.8) is 0 Å². The molecule has 2 aromatic carbocycles. The van der Waals surface area contributed by atoms with Gasteiger partial charge >= 0.3 is 5.97 Å². The van der Waals surface area contributed by atoms with Crippen molar-refractivity contribution in [1.82, 2.24) is 10.3 Å². The zero-order valence-electron chi connectivity index (χ0n) is 24.4. The highest BCUT2D eigenvalue weighted by Crippen LogP contribution is 2.40. The molecule has 1 aliphatic carbocycles. The maximum Gasteiger partial charge on any atom is 0.311 e. The maximum atomic E-state index is 13.3. The third kappa shape index (κ3) is 6.01. The van der Waals surface area contributed by atoms with Crippen LogP contribution >= 0.6 is 0 Å². The number of pyridine rings is 1. The molecule has 2 aliphatic rings. The molecule has 5 rings (SSSR count). The lowest BCUT2D eigenvalue weighted by atomic mass is 9.70. The molecule has 3 aromatic rings. The Morgan fingerprint density at radius 3 is 2.35 bits per heavy atom. The summed E-state index contributed by atoms with van der Waals surface area (Å²) in [6.07, 6.45) is 5.34. The number of aromatic nitrogens is 1. The van der Waals surface area contributed by atoms with E-state index in [1.165, 1.54) is 5.56 Å². The lowest BCUT2D eigenvalue weighted by molar-refractivity contribution is -0.157. The number of rotatable bonds is 7. The highest BCUT2D eigenvalue weighted by atomic mass is 16.5. The summed E-state index contributed by atoms with van der Waals surface area (Å²) >= 11 is 0. The van der Waals surface area contributed by atoms with Gasteiger partial charge in [-0.05, 0) is 95.9 Å². The number of hydrogen-bond donors (Lipinski definition) is 1. The Balaban J connectivity index is 1.21. The van der Waals surface area contributed by atoms with Gasteiger partial charge in [0.1, 0.15) is 5.82 Å². The number of carbonyl (C=O) groups is 2. The molecule has 0 radical (unpaired) electrons. The van der Waals surface area contributed by atoms with E-state index in [-0.39, 0.29) is 23.8 Å². The Morgan fingerprint density at radius 1 is 0.975 bits per heavy atom. The molecule has 40 heavy (non-hydrogen) atoms. The first kappa shape index (κ1) is 28.1. The summed E-state index contributed by atoms with van der Waals surface area (Å²) in [6, 6.07) is 19.3. The molecule has 0 bridgehead atoms. The minimum Gasteiger partial charge on any atom is -0.466 e. The molecule has 212 valence electrons. The van der Waals surface area contributed by atoms with Crippen molar-refractivity contribution in [3.8, 4) is 11.1 Å². The minimum absolute atomic E-state index is 0.0215. The summed E-state index contributed by atoms with van der Waals surface area (Å²) in [7, 11) is 0. The van der Waals surface area contributed by atoms with E-state index in [2.05, 4.69) is 65.7 Å². The van der Waals surface area contributed by atoms with Crippen molar-refractivity contribution in [2.24, 2.45) is 17.3 Å². The second-order valence-corrected chi connectivity index (χ2v) is 12.2. The van der Waals surface area contributed by atoms with Crippen LogP contribution in [0.15, 0.2) is 54.6 Å². The minimum atomic E-state index is -0.480. The van der Waals surface area contributed by atoms with Crippen LogP contribution in [0.25, 0.3) is 22.0 Å². The molecule has 2 heterocycles. The summed E-state index contributed by atoms with van der Waals surface area (Å²) in [5, 5.41) is 4.50. The molecule has 0 atom stereocenters. The van der Waals surface area contributed by atoms with Gasteiger partial charge in [-0.15, -0.1) is 0 Å². The molecular weight excluding hydrogens is 498 g/mol. The molecule has 2 fully saturated rings. The summed E-state index contributed by atoms with van der Waals surface area (Å²) in [5.74, 6) is 1.39. The first-order chi connectivity index (χ1) is 19.3. The predicted molar refractivity (Wildman–Crippen MR) is 161 cm³/mol. The molecule has 1 saturated carbocycles. The molecule has 0 unspecified atom stereocenters. The number of fused-ring (bicyclic) bond motifs is 1. The van der Waals surface area contributed by atoms with Crippen molar-refractivity contribution >= 4 is 28.6 Å². The van der Waals surface area contributed by atoms with Crippen molar-refractivity contribution in [2.75, 3.05) is 24.6 Å². The molecule has 1 aromatic heterocycles. The fourth-order valence-electron chi connectivity index (χ4n) is 6.47. The molecule has 6 nitrogen and oxygen atoms in total. The van der Waals surface area contributed by atoms with Gasteiger partial charge in [0.15, 0.2) is 0 Å². The molecule has 1 aliphatic heterocycles. The predicted octanol–water partition coefficient (Wildman–Crippen LogP) is 6.69. The molecule has 1 saturated heterocycles. The second kappa shape index (κ2) is 12.0. The van der Waals surface area contributed by atoms with Crippen LogP contribution in [0.2, 0.25) is 0 Å². The van der Waals surface area contributed by atoms with Crippen LogP contribution in [0, 0.1) is 24.2 Å². The van der Waals surface area contributed by atoms with E-state index >= 15 is 0 Å². The molecule has 1 amide bonds. The average molecular weight is 542 g/mol. The van der Waals surface area contributed by atoms with Crippen LogP contribution in [0.1, 0.15) is 64.9 Å². The SMILES string of the molecule is CCOC(=O)C(C)(C)C1CCC(NC(=O)C2CCN(c3nc4ccc(C)cc4cc3-c3ccccc3)CC2)CC1. The number of benzene rings is 2. The van der Waals surface area contributed by atoms with Gasteiger partial charge in [0.25, 0.3) is 0 Å². The number of aryl methyl sites for hydroxylation is 1. The quantitative estimate of drug-likeness (QED) is 0.338. The van der Waals surface area contributed by atoms with Gasteiger partial charge in [0.2, 0.25) is 5.91 Å². The van der Waals surface area contributed by atoms with E-state index in [9.17, 15) is 9.59 Å². The lowest BCUT2D eigenvalue weighted by Gasteiger charge is -2.38. The first-order valence-electron chi connectivity index (χ1n) is 15.0. The number of amides is 1. The lowest BCUT2D eigenvalue weighted by Crippen LogP contribution is -2.46. The normalized spacial score (nSPS) is 20.4. The van der Waals surface area contributed by atoms with Gasteiger partial charge in [0.05, 0.1) is 17.5 Å². The van der Waals surface area contributed by atoms with Gasteiger partial charge in [-0.25, -0.2) is 4.98 Å². The Hall–Kier alpha value is -3.41. The van der Waals surface area contributed by atoms with Crippen molar-refractivity contribution < 1.29 is 14.3 Å². The van der Waals surface area contributed by atoms with Gasteiger partial charge in [-0.1, -0.05) is 42.0 Å². The highest BCUT2D eigenvalue weighted by molar-refractivity contribution is 5.90. The van der Waals surface area contributed by atoms with E-state index in [0.29, 0.717) is 12.5 Å². The smallest absolute Gasteiger partial charge is 0.311 e.